The van der Waals surface area contributed by atoms with Gasteiger partial charge in [0.15, 0.2) is 5.82 Å². The predicted octanol–water partition coefficient (Wildman–Crippen LogP) is 0.907. The Hall–Kier alpha value is -2.97. The number of hydrogen-bond acceptors (Lipinski definition) is 8. The van der Waals surface area contributed by atoms with Crippen molar-refractivity contribution in [2.45, 2.75) is 6.42 Å². The molecular formula is C14H15FN2O6. The number of ether oxygens (including phenoxy) is 3. The van der Waals surface area contributed by atoms with Crippen molar-refractivity contribution in [3.63, 3.8) is 0 Å². The molecule has 124 valence electrons. The summed E-state index contributed by atoms with van der Waals surface area (Å²) in [5.74, 6) is -3.47. The van der Waals surface area contributed by atoms with E-state index in [4.69, 9.17) is 4.74 Å². The third-order valence-corrected chi connectivity index (χ3v) is 2.65. The van der Waals surface area contributed by atoms with Gasteiger partial charge in [-0.1, -0.05) is 6.07 Å². The van der Waals surface area contributed by atoms with Gasteiger partial charge in [-0.2, -0.15) is 5.10 Å². The SMILES string of the molecule is COC(=O)CC(=O)/C(=N\Nc1c(F)cccc1OC)C(=O)OC. The highest BCUT2D eigenvalue weighted by Crippen LogP contribution is 2.26. The summed E-state index contributed by atoms with van der Waals surface area (Å²) in [4.78, 5) is 34.6. The van der Waals surface area contributed by atoms with E-state index in [2.05, 4.69) is 20.0 Å². The molecule has 0 amide bonds. The van der Waals surface area contributed by atoms with Crippen LogP contribution in [0.15, 0.2) is 23.3 Å². The number of anilines is 1. The van der Waals surface area contributed by atoms with E-state index in [1.807, 2.05) is 0 Å². The van der Waals surface area contributed by atoms with Crippen LogP contribution in [0.5, 0.6) is 5.75 Å². The third kappa shape index (κ3) is 4.77. The number of carbonyl (C=O) groups is 3. The summed E-state index contributed by atoms with van der Waals surface area (Å²) >= 11 is 0. The molecule has 1 rings (SSSR count). The highest BCUT2D eigenvalue weighted by molar-refractivity contribution is 6.65. The van der Waals surface area contributed by atoms with Gasteiger partial charge in [0, 0.05) is 0 Å². The van der Waals surface area contributed by atoms with Gasteiger partial charge in [-0.3, -0.25) is 15.0 Å². The maximum atomic E-state index is 13.7. The summed E-state index contributed by atoms with van der Waals surface area (Å²) in [6.07, 6.45) is -0.708. The molecule has 0 fully saturated rings. The molecule has 0 atom stereocenters. The summed E-state index contributed by atoms with van der Waals surface area (Å²) in [6.45, 7) is 0. The lowest BCUT2D eigenvalue weighted by molar-refractivity contribution is -0.142. The van der Waals surface area contributed by atoms with Crippen LogP contribution in [0.2, 0.25) is 0 Å². The number of methoxy groups -OCH3 is 3. The van der Waals surface area contributed by atoms with Crippen LogP contribution >= 0.6 is 0 Å². The number of rotatable bonds is 7. The van der Waals surface area contributed by atoms with Gasteiger partial charge in [0.1, 0.15) is 17.9 Å². The van der Waals surface area contributed by atoms with Crippen molar-refractivity contribution in [1.29, 1.82) is 0 Å². The summed E-state index contributed by atoms with van der Waals surface area (Å²) < 4.78 is 27.4. The van der Waals surface area contributed by atoms with Crippen molar-refractivity contribution in [3.05, 3.63) is 24.0 Å². The van der Waals surface area contributed by atoms with Crippen molar-refractivity contribution in [2.75, 3.05) is 26.8 Å². The van der Waals surface area contributed by atoms with Crippen LogP contribution in [-0.4, -0.2) is 44.8 Å². The second-order valence-electron chi connectivity index (χ2n) is 4.06. The van der Waals surface area contributed by atoms with E-state index in [1.54, 1.807) is 0 Å². The van der Waals surface area contributed by atoms with Crippen LogP contribution in [0, 0.1) is 5.82 Å². The Morgan fingerprint density at radius 2 is 1.87 bits per heavy atom. The topological polar surface area (TPSA) is 103 Å². The van der Waals surface area contributed by atoms with Crippen LogP contribution in [0.4, 0.5) is 10.1 Å². The largest absolute Gasteiger partial charge is 0.494 e. The molecule has 23 heavy (non-hydrogen) atoms. The number of hydrazone groups is 1. The van der Waals surface area contributed by atoms with Gasteiger partial charge in [-0.25, -0.2) is 9.18 Å². The molecule has 0 unspecified atom stereocenters. The molecule has 0 saturated heterocycles. The first kappa shape index (κ1) is 18.1. The predicted molar refractivity (Wildman–Crippen MR) is 77.7 cm³/mol. The van der Waals surface area contributed by atoms with Gasteiger partial charge in [0.2, 0.25) is 11.5 Å². The number of Topliss-reactive ketones (excluding diaryl/α,β-unsaturated/α-hetero) is 1. The second-order valence-corrected chi connectivity index (χ2v) is 4.06. The molecule has 1 N–H and O–H groups in total. The van der Waals surface area contributed by atoms with E-state index in [1.165, 1.54) is 19.2 Å². The number of hydrogen-bond donors (Lipinski definition) is 1. The Bertz CT molecular complexity index is 644. The van der Waals surface area contributed by atoms with E-state index >= 15 is 0 Å². The zero-order valence-electron chi connectivity index (χ0n) is 12.7. The number of carbonyl (C=O) groups excluding carboxylic acids is 3. The minimum Gasteiger partial charge on any atom is -0.494 e. The average molecular weight is 326 g/mol. The maximum absolute atomic E-state index is 13.7. The van der Waals surface area contributed by atoms with E-state index in [9.17, 15) is 18.8 Å². The number of para-hydroxylation sites is 1. The van der Waals surface area contributed by atoms with Crippen LogP contribution in [0.3, 0.4) is 0 Å². The van der Waals surface area contributed by atoms with Crippen molar-refractivity contribution >= 4 is 29.1 Å². The molecule has 0 aliphatic rings. The third-order valence-electron chi connectivity index (χ3n) is 2.65. The van der Waals surface area contributed by atoms with Crippen LogP contribution in [-0.2, 0) is 23.9 Å². The van der Waals surface area contributed by atoms with Crippen molar-refractivity contribution in [3.8, 4) is 5.75 Å². The molecule has 1 aromatic carbocycles. The maximum Gasteiger partial charge on any atom is 0.362 e. The van der Waals surface area contributed by atoms with Crippen LogP contribution in [0.1, 0.15) is 6.42 Å². The molecule has 0 aliphatic carbocycles. The molecule has 0 spiro atoms. The molecule has 0 aromatic heterocycles. The van der Waals surface area contributed by atoms with E-state index < -0.39 is 35.7 Å². The molecule has 8 nitrogen and oxygen atoms in total. The highest BCUT2D eigenvalue weighted by Gasteiger charge is 2.24. The Morgan fingerprint density at radius 1 is 1.17 bits per heavy atom. The Balaban J connectivity index is 3.09. The van der Waals surface area contributed by atoms with Gasteiger partial charge >= 0.3 is 11.9 Å². The lowest BCUT2D eigenvalue weighted by Gasteiger charge is -2.09. The summed E-state index contributed by atoms with van der Waals surface area (Å²) in [5.41, 5.74) is 1.35. The molecule has 0 saturated carbocycles. The summed E-state index contributed by atoms with van der Waals surface area (Å²) in [7, 11) is 3.44. The van der Waals surface area contributed by atoms with E-state index in [0.717, 1.165) is 20.3 Å². The number of halogens is 1. The monoisotopic (exact) mass is 326 g/mol. The first-order valence-corrected chi connectivity index (χ1v) is 6.29. The molecule has 0 bridgehead atoms. The number of ketones is 1. The lowest BCUT2D eigenvalue weighted by atomic mass is 10.2. The number of nitrogens with one attached hydrogen (secondary N) is 1. The first-order chi connectivity index (χ1) is 10.9. The second kappa shape index (κ2) is 8.47. The quantitative estimate of drug-likeness (QED) is 0.344. The van der Waals surface area contributed by atoms with Crippen LogP contribution < -0.4 is 10.2 Å². The fraction of sp³-hybridized carbons (Fsp3) is 0.286. The molecule has 0 aliphatic heterocycles. The number of esters is 2. The normalized spacial score (nSPS) is 10.7. The zero-order chi connectivity index (χ0) is 17.4. The Kier molecular flexibility index (Phi) is 6.66. The Morgan fingerprint density at radius 3 is 2.43 bits per heavy atom. The van der Waals surface area contributed by atoms with Crippen molar-refractivity contribution < 1.29 is 33.0 Å². The van der Waals surface area contributed by atoms with Crippen LogP contribution in [0.25, 0.3) is 0 Å². The molecular weight excluding hydrogens is 311 g/mol. The van der Waals surface area contributed by atoms with Crippen molar-refractivity contribution in [1.82, 2.24) is 0 Å². The zero-order valence-corrected chi connectivity index (χ0v) is 12.7. The summed E-state index contributed by atoms with van der Waals surface area (Å²) in [6, 6.07) is 4.00. The minimum atomic E-state index is -1.08. The van der Waals surface area contributed by atoms with Gasteiger partial charge in [-0.05, 0) is 12.1 Å². The number of nitrogens with zero attached hydrogens (tertiary/aromatic N) is 1. The van der Waals surface area contributed by atoms with Gasteiger partial charge in [-0.15, -0.1) is 0 Å². The Labute approximate surface area is 131 Å². The fourth-order valence-corrected chi connectivity index (χ4v) is 1.50. The molecule has 9 heteroatoms. The molecule has 0 radical (unpaired) electrons. The first-order valence-electron chi connectivity index (χ1n) is 6.29. The molecule has 1 aromatic rings. The standard InChI is InChI=1S/C14H15FN2O6/c1-21-10-6-4-5-8(15)12(10)16-17-13(14(20)23-3)9(18)7-11(19)22-2/h4-6,16H,7H2,1-3H3/b17-13+. The van der Waals surface area contributed by atoms with Gasteiger partial charge in [0.25, 0.3) is 0 Å². The minimum absolute atomic E-state index is 0.110. The van der Waals surface area contributed by atoms with Gasteiger partial charge in [0.05, 0.1) is 21.3 Å². The van der Waals surface area contributed by atoms with Gasteiger partial charge < -0.3 is 14.2 Å². The lowest BCUT2D eigenvalue weighted by Crippen LogP contribution is -2.28. The van der Waals surface area contributed by atoms with Crippen molar-refractivity contribution in [2.24, 2.45) is 5.10 Å². The highest BCUT2D eigenvalue weighted by atomic mass is 19.1. The fourth-order valence-electron chi connectivity index (χ4n) is 1.50. The molecule has 0 heterocycles. The van der Waals surface area contributed by atoms with E-state index in [0.29, 0.717) is 0 Å². The smallest absolute Gasteiger partial charge is 0.362 e. The number of benzene rings is 1. The van der Waals surface area contributed by atoms with E-state index in [-0.39, 0.29) is 11.4 Å². The summed E-state index contributed by atoms with van der Waals surface area (Å²) in [5, 5.41) is 3.54. The average Bonchev–Trinajstić information content (AvgIpc) is 2.55.